The van der Waals surface area contributed by atoms with Gasteiger partial charge in [0.05, 0.1) is 0 Å². The number of hydrogen-bond donors (Lipinski definition) is 4. The van der Waals surface area contributed by atoms with Crippen molar-refractivity contribution in [2.24, 2.45) is 5.73 Å². The van der Waals surface area contributed by atoms with Gasteiger partial charge in [-0.2, -0.15) is 0 Å². The lowest BCUT2D eigenvalue weighted by molar-refractivity contribution is -0.119. The van der Waals surface area contributed by atoms with Crippen LogP contribution in [0.1, 0.15) is 6.42 Å². The van der Waals surface area contributed by atoms with Crippen molar-refractivity contribution in [3.8, 4) is 0 Å². The van der Waals surface area contributed by atoms with Gasteiger partial charge in [0.15, 0.2) is 5.17 Å². The first-order valence-electron chi connectivity index (χ1n) is 3.54. The second-order valence-electron chi connectivity index (χ2n) is 2.09. The van der Waals surface area contributed by atoms with Crippen LogP contribution in [0.15, 0.2) is 0 Å². The molecule has 6 nitrogen and oxygen atoms in total. The van der Waals surface area contributed by atoms with Gasteiger partial charge in [-0.05, 0) is 0 Å². The topological polar surface area (TPSA) is 108 Å². The minimum Gasteiger partial charge on any atom is -0.379 e. The molecule has 0 aromatic heterocycles. The quantitative estimate of drug-likeness (QED) is 0.365. The highest BCUT2D eigenvalue weighted by atomic mass is 32.2. The van der Waals surface area contributed by atoms with E-state index in [0.717, 1.165) is 11.8 Å². The molecule has 74 valence electrons. The zero-order chi connectivity index (χ0) is 10.3. The van der Waals surface area contributed by atoms with Crippen LogP contribution in [-0.4, -0.2) is 29.9 Å². The van der Waals surface area contributed by atoms with Crippen LogP contribution in [0, 0.1) is 5.41 Å². The van der Waals surface area contributed by atoms with Crippen LogP contribution in [0.25, 0.3) is 0 Å². The van der Waals surface area contributed by atoms with Crippen LogP contribution in [0.4, 0.5) is 4.79 Å². The fourth-order valence-electron chi connectivity index (χ4n) is 0.505. The number of rotatable bonds is 3. The molecule has 5 N–H and O–H groups in total. The van der Waals surface area contributed by atoms with Crippen LogP contribution < -0.4 is 16.4 Å². The molecule has 0 atom stereocenters. The standard InChI is InChI=1S/C6H12N4O2S/c1-9-6(12)10-4(11)2-3-13-5(7)8/h2-3H2,1H3,(H3,7,8)(H2,9,10,11,12). The highest BCUT2D eigenvalue weighted by molar-refractivity contribution is 8.13. The van der Waals surface area contributed by atoms with Gasteiger partial charge in [0, 0.05) is 19.2 Å². The number of thioether (sulfide) groups is 1. The smallest absolute Gasteiger partial charge is 0.321 e. The van der Waals surface area contributed by atoms with Crippen LogP contribution in [0.2, 0.25) is 0 Å². The Bertz CT molecular complexity index is 219. The zero-order valence-corrected chi connectivity index (χ0v) is 8.03. The Balaban J connectivity index is 3.52. The summed E-state index contributed by atoms with van der Waals surface area (Å²) in [6.45, 7) is 0. The highest BCUT2D eigenvalue weighted by Crippen LogP contribution is 1.99. The Kier molecular flexibility index (Phi) is 5.69. The predicted molar refractivity (Wildman–Crippen MR) is 51.6 cm³/mol. The van der Waals surface area contributed by atoms with Crippen molar-refractivity contribution in [2.75, 3.05) is 12.8 Å². The summed E-state index contributed by atoms with van der Waals surface area (Å²) >= 11 is 1.06. The van der Waals surface area contributed by atoms with E-state index in [-0.39, 0.29) is 17.5 Å². The van der Waals surface area contributed by atoms with E-state index in [0.29, 0.717) is 5.75 Å². The molecule has 7 heteroatoms. The second kappa shape index (κ2) is 6.30. The van der Waals surface area contributed by atoms with Gasteiger partial charge in [-0.15, -0.1) is 0 Å². The van der Waals surface area contributed by atoms with Crippen LogP contribution >= 0.6 is 11.8 Å². The van der Waals surface area contributed by atoms with Gasteiger partial charge in [0.2, 0.25) is 5.91 Å². The van der Waals surface area contributed by atoms with Gasteiger partial charge in [-0.3, -0.25) is 15.5 Å². The average Bonchev–Trinajstić information content (AvgIpc) is 2.03. The summed E-state index contributed by atoms with van der Waals surface area (Å²) in [6, 6.07) is -0.530. The Morgan fingerprint density at radius 2 is 2.15 bits per heavy atom. The summed E-state index contributed by atoms with van der Waals surface area (Å²) in [5.74, 6) is 0.0196. The first-order valence-corrected chi connectivity index (χ1v) is 4.53. The normalized spacial score (nSPS) is 9.00. The molecule has 0 fully saturated rings. The van der Waals surface area contributed by atoms with Crippen molar-refractivity contribution in [1.29, 1.82) is 5.41 Å². The van der Waals surface area contributed by atoms with E-state index >= 15 is 0 Å². The van der Waals surface area contributed by atoms with Crippen LogP contribution in [0.3, 0.4) is 0 Å². The van der Waals surface area contributed by atoms with Crippen molar-refractivity contribution in [1.82, 2.24) is 10.6 Å². The third-order valence-electron chi connectivity index (χ3n) is 1.07. The minimum atomic E-state index is -0.530. The van der Waals surface area contributed by atoms with Gasteiger partial charge in [-0.1, -0.05) is 11.8 Å². The Labute approximate surface area is 80.1 Å². The number of nitrogens with two attached hydrogens (primary N) is 1. The van der Waals surface area contributed by atoms with E-state index in [1.807, 2.05) is 0 Å². The molecule has 0 aliphatic rings. The largest absolute Gasteiger partial charge is 0.379 e. The van der Waals surface area contributed by atoms with Crippen molar-refractivity contribution in [3.63, 3.8) is 0 Å². The lowest BCUT2D eigenvalue weighted by Gasteiger charge is -2.01. The maximum Gasteiger partial charge on any atom is 0.321 e. The van der Waals surface area contributed by atoms with Crippen LogP contribution in [0.5, 0.6) is 0 Å². The van der Waals surface area contributed by atoms with Crippen molar-refractivity contribution in [3.05, 3.63) is 0 Å². The SMILES string of the molecule is CNC(=O)NC(=O)CCSC(=N)N. The maximum absolute atomic E-state index is 10.9. The molecule has 0 spiro atoms. The molecule has 3 amide bonds. The Morgan fingerprint density at radius 1 is 1.54 bits per heavy atom. The summed E-state index contributed by atoms with van der Waals surface area (Å²) in [5, 5.41) is 11.2. The van der Waals surface area contributed by atoms with Crippen LogP contribution in [-0.2, 0) is 4.79 Å². The number of carbonyl (C=O) groups is 2. The molecule has 0 aromatic rings. The molecule has 13 heavy (non-hydrogen) atoms. The first kappa shape index (κ1) is 11.8. The molecule has 0 bridgehead atoms. The number of amidine groups is 1. The fourth-order valence-corrected chi connectivity index (χ4v) is 1.01. The molecule has 0 saturated carbocycles. The molecule has 0 heterocycles. The van der Waals surface area contributed by atoms with E-state index in [2.05, 4.69) is 10.6 Å². The third kappa shape index (κ3) is 7.13. The minimum absolute atomic E-state index is 0.0345. The van der Waals surface area contributed by atoms with Crippen molar-refractivity contribution >= 4 is 28.9 Å². The Morgan fingerprint density at radius 3 is 2.62 bits per heavy atom. The molecule has 0 aromatic carbocycles. The van der Waals surface area contributed by atoms with Gasteiger partial charge < -0.3 is 11.1 Å². The summed E-state index contributed by atoms with van der Waals surface area (Å²) in [6.07, 6.45) is 0.164. The molecule has 0 radical (unpaired) electrons. The lowest BCUT2D eigenvalue weighted by atomic mass is 10.4. The molecule has 0 aliphatic carbocycles. The van der Waals surface area contributed by atoms with Crippen molar-refractivity contribution in [2.45, 2.75) is 6.42 Å². The number of carbonyl (C=O) groups excluding carboxylic acids is 2. The fraction of sp³-hybridized carbons (Fsp3) is 0.500. The zero-order valence-electron chi connectivity index (χ0n) is 7.22. The second-order valence-corrected chi connectivity index (χ2v) is 3.23. The van der Waals surface area contributed by atoms with Gasteiger partial charge in [0.1, 0.15) is 0 Å². The van der Waals surface area contributed by atoms with Gasteiger partial charge in [-0.25, -0.2) is 4.79 Å². The maximum atomic E-state index is 10.9. The van der Waals surface area contributed by atoms with E-state index in [9.17, 15) is 9.59 Å². The average molecular weight is 204 g/mol. The number of nitrogens with one attached hydrogen (secondary N) is 3. The van der Waals surface area contributed by atoms with E-state index in [1.165, 1.54) is 7.05 Å². The van der Waals surface area contributed by atoms with Gasteiger partial charge in [0.25, 0.3) is 0 Å². The van der Waals surface area contributed by atoms with Crippen molar-refractivity contribution < 1.29 is 9.59 Å². The van der Waals surface area contributed by atoms with E-state index in [1.54, 1.807) is 0 Å². The number of hydrogen-bond acceptors (Lipinski definition) is 4. The number of amides is 3. The lowest BCUT2D eigenvalue weighted by Crippen LogP contribution is -2.37. The monoisotopic (exact) mass is 204 g/mol. The summed E-state index contributed by atoms with van der Waals surface area (Å²) < 4.78 is 0. The molecule has 0 rings (SSSR count). The third-order valence-corrected chi connectivity index (χ3v) is 1.79. The highest BCUT2D eigenvalue weighted by Gasteiger charge is 2.05. The molecule has 0 saturated heterocycles. The van der Waals surface area contributed by atoms with E-state index in [4.69, 9.17) is 11.1 Å². The Hall–Kier alpha value is -1.24. The number of imide groups is 1. The van der Waals surface area contributed by atoms with E-state index < -0.39 is 6.03 Å². The molecular formula is C6H12N4O2S. The molecule has 0 aliphatic heterocycles. The number of urea groups is 1. The summed E-state index contributed by atoms with van der Waals surface area (Å²) in [7, 11) is 1.42. The first-order chi connectivity index (χ1) is 6.06. The molecule has 0 unspecified atom stereocenters. The van der Waals surface area contributed by atoms with Gasteiger partial charge >= 0.3 is 6.03 Å². The summed E-state index contributed by atoms with van der Waals surface area (Å²) in [5.41, 5.74) is 5.04. The molecular weight excluding hydrogens is 192 g/mol. The summed E-state index contributed by atoms with van der Waals surface area (Å²) in [4.78, 5) is 21.5. The predicted octanol–water partition coefficient (Wildman–Crippen LogP) is -0.541.